The van der Waals surface area contributed by atoms with Crippen LogP contribution in [0.15, 0.2) is 18.3 Å². The first-order valence-electron chi connectivity index (χ1n) is 8.42. The Morgan fingerprint density at radius 2 is 2.10 bits per heavy atom. The predicted molar refractivity (Wildman–Crippen MR) is 85.7 cm³/mol. The van der Waals surface area contributed by atoms with Crippen molar-refractivity contribution in [1.29, 1.82) is 0 Å². The molecule has 4 heteroatoms. The zero-order valence-corrected chi connectivity index (χ0v) is 13.1. The van der Waals surface area contributed by atoms with Crippen LogP contribution in [0.2, 0.25) is 0 Å². The Morgan fingerprint density at radius 3 is 2.90 bits per heavy atom. The molecule has 0 amide bonds. The average Bonchev–Trinajstić information content (AvgIpc) is 2.57. The van der Waals surface area contributed by atoms with Gasteiger partial charge in [0.25, 0.3) is 0 Å². The number of aromatic nitrogens is 1. The molecule has 21 heavy (non-hydrogen) atoms. The van der Waals surface area contributed by atoms with Crippen LogP contribution in [0.1, 0.15) is 44.2 Å². The number of rotatable bonds is 4. The third kappa shape index (κ3) is 3.38. The summed E-state index contributed by atoms with van der Waals surface area (Å²) in [7, 11) is 0. The van der Waals surface area contributed by atoms with E-state index in [0.29, 0.717) is 6.04 Å². The number of hydrogen-bond donors (Lipinski definition) is 0. The molecule has 0 aliphatic carbocycles. The lowest BCUT2D eigenvalue weighted by atomic mass is 9.95. The average molecular weight is 289 g/mol. The molecule has 0 N–H and O–H groups in total. The van der Waals surface area contributed by atoms with E-state index in [-0.39, 0.29) is 0 Å². The predicted octanol–water partition coefficient (Wildman–Crippen LogP) is 2.86. The fraction of sp³-hybridized carbons (Fsp3) is 0.706. The topological polar surface area (TPSA) is 28.6 Å². The molecule has 1 aromatic heterocycles. The lowest BCUT2D eigenvalue weighted by Crippen LogP contribution is -2.39. The van der Waals surface area contributed by atoms with Crippen LogP contribution in [-0.2, 0) is 4.74 Å². The minimum atomic E-state index is 0.547. The SMILES string of the molecule is CCCN1CCCCC1c1cccnc1N1CCOCC1. The van der Waals surface area contributed by atoms with E-state index in [9.17, 15) is 0 Å². The Morgan fingerprint density at radius 1 is 1.24 bits per heavy atom. The summed E-state index contributed by atoms with van der Waals surface area (Å²) < 4.78 is 5.49. The number of ether oxygens (including phenoxy) is 1. The summed E-state index contributed by atoms with van der Waals surface area (Å²) >= 11 is 0. The van der Waals surface area contributed by atoms with Gasteiger partial charge < -0.3 is 9.64 Å². The smallest absolute Gasteiger partial charge is 0.133 e. The minimum Gasteiger partial charge on any atom is -0.378 e. The van der Waals surface area contributed by atoms with Gasteiger partial charge in [0, 0.05) is 30.9 Å². The van der Waals surface area contributed by atoms with Crippen molar-refractivity contribution in [3.8, 4) is 0 Å². The van der Waals surface area contributed by atoms with Gasteiger partial charge in [-0.3, -0.25) is 4.90 Å². The van der Waals surface area contributed by atoms with E-state index >= 15 is 0 Å². The molecule has 0 spiro atoms. The molecular weight excluding hydrogens is 262 g/mol. The summed E-state index contributed by atoms with van der Waals surface area (Å²) in [6.07, 6.45) is 7.10. The van der Waals surface area contributed by atoms with Crippen molar-refractivity contribution >= 4 is 5.82 Å². The summed E-state index contributed by atoms with van der Waals surface area (Å²) in [4.78, 5) is 9.77. The van der Waals surface area contributed by atoms with Crippen LogP contribution in [0.5, 0.6) is 0 Å². The maximum absolute atomic E-state index is 5.49. The molecule has 0 saturated carbocycles. The second kappa shape index (κ2) is 7.23. The summed E-state index contributed by atoms with van der Waals surface area (Å²) in [5.74, 6) is 1.19. The monoisotopic (exact) mass is 289 g/mol. The largest absolute Gasteiger partial charge is 0.378 e. The molecule has 0 aromatic carbocycles. The molecule has 1 aromatic rings. The zero-order valence-electron chi connectivity index (χ0n) is 13.1. The molecule has 2 aliphatic rings. The molecular formula is C17H27N3O. The molecule has 2 aliphatic heterocycles. The molecule has 2 saturated heterocycles. The fourth-order valence-electron chi connectivity index (χ4n) is 3.61. The third-order valence-corrected chi connectivity index (χ3v) is 4.61. The first-order valence-corrected chi connectivity index (χ1v) is 8.42. The molecule has 0 bridgehead atoms. The van der Waals surface area contributed by atoms with Crippen molar-refractivity contribution in [1.82, 2.24) is 9.88 Å². The Kier molecular flexibility index (Phi) is 5.09. The molecule has 2 fully saturated rings. The number of morpholine rings is 1. The standard InChI is InChI=1S/C17H27N3O/c1-2-9-19-10-4-3-7-16(19)15-6-5-8-18-17(15)20-11-13-21-14-12-20/h5-6,8,16H,2-4,7,9-14H2,1H3. The number of pyridine rings is 1. The normalized spacial score (nSPS) is 24.2. The molecule has 0 radical (unpaired) electrons. The summed E-state index contributed by atoms with van der Waals surface area (Å²) in [5.41, 5.74) is 1.42. The van der Waals surface area contributed by atoms with Crippen molar-refractivity contribution in [2.24, 2.45) is 0 Å². The van der Waals surface area contributed by atoms with Gasteiger partial charge in [0.2, 0.25) is 0 Å². The highest BCUT2D eigenvalue weighted by Crippen LogP contribution is 2.35. The van der Waals surface area contributed by atoms with Gasteiger partial charge in [-0.05, 0) is 38.4 Å². The molecule has 4 nitrogen and oxygen atoms in total. The number of likely N-dealkylation sites (tertiary alicyclic amines) is 1. The van der Waals surface area contributed by atoms with E-state index in [4.69, 9.17) is 9.72 Å². The van der Waals surface area contributed by atoms with E-state index in [2.05, 4.69) is 28.9 Å². The van der Waals surface area contributed by atoms with Crippen LogP contribution < -0.4 is 4.90 Å². The van der Waals surface area contributed by atoms with Crippen LogP contribution in [0.25, 0.3) is 0 Å². The Hall–Kier alpha value is -1.13. The number of piperidine rings is 1. The molecule has 3 rings (SSSR count). The highest BCUT2D eigenvalue weighted by atomic mass is 16.5. The van der Waals surface area contributed by atoms with Gasteiger partial charge in [0.1, 0.15) is 5.82 Å². The molecule has 116 valence electrons. The summed E-state index contributed by atoms with van der Waals surface area (Å²) in [6, 6.07) is 4.93. The number of hydrogen-bond acceptors (Lipinski definition) is 4. The van der Waals surface area contributed by atoms with Crippen molar-refractivity contribution < 1.29 is 4.74 Å². The van der Waals surface area contributed by atoms with Gasteiger partial charge in [0.15, 0.2) is 0 Å². The van der Waals surface area contributed by atoms with E-state index in [0.717, 1.165) is 26.3 Å². The second-order valence-corrected chi connectivity index (χ2v) is 6.06. The van der Waals surface area contributed by atoms with E-state index in [1.165, 1.54) is 50.2 Å². The summed E-state index contributed by atoms with van der Waals surface area (Å²) in [6.45, 7) is 8.27. The van der Waals surface area contributed by atoms with Crippen LogP contribution in [0, 0.1) is 0 Å². The van der Waals surface area contributed by atoms with Gasteiger partial charge in [-0.1, -0.05) is 19.4 Å². The van der Waals surface area contributed by atoms with Gasteiger partial charge in [-0.25, -0.2) is 4.98 Å². The number of nitrogens with zero attached hydrogens (tertiary/aromatic N) is 3. The van der Waals surface area contributed by atoms with Gasteiger partial charge in [-0.2, -0.15) is 0 Å². The first kappa shape index (κ1) is 14.8. The Bertz CT molecular complexity index is 443. The second-order valence-electron chi connectivity index (χ2n) is 6.06. The fourth-order valence-corrected chi connectivity index (χ4v) is 3.61. The lowest BCUT2D eigenvalue weighted by molar-refractivity contribution is 0.121. The maximum atomic E-state index is 5.49. The lowest BCUT2D eigenvalue weighted by Gasteiger charge is -2.38. The number of anilines is 1. The maximum Gasteiger partial charge on any atom is 0.133 e. The van der Waals surface area contributed by atoms with Crippen molar-refractivity contribution in [2.75, 3.05) is 44.3 Å². The van der Waals surface area contributed by atoms with E-state index < -0.39 is 0 Å². The quantitative estimate of drug-likeness (QED) is 0.852. The van der Waals surface area contributed by atoms with Crippen molar-refractivity contribution in [2.45, 2.75) is 38.6 Å². The Balaban J connectivity index is 1.85. The van der Waals surface area contributed by atoms with Crippen LogP contribution in [-0.4, -0.2) is 49.3 Å². The van der Waals surface area contributed by atoms with Crippen molar-refractivity contribution in [3.05, 3.63) is 23.9 Å². The molecule has 1 atom stereocenters. The zero-order chi connectivity index (χ0) is 14.5. The highest BCUT2D eigenvalue weighted by Gasteiger charge is 2.27. The molecule has 3 heterocycles. The van der Waals surface area contributed by atoms with Gasteiger partial charge in [-0.15, -0.1) is 0 Å². The van der Waals surface area contributed by atoms with Crippen LogP contribution in [0.3, 0.4) is 0 Å². The highest BCUT2D eigenvalue weighted by molar-refractivity contribution is 5.49. The van der Waals surface area contributed by atoms with E-state index in [1.54, 1.807) is 0 Å². The van der Waals surface area contributed by atoms with Crippen molar-refractivity contribution in [3.63, 3.8) is 0 Å². The van der Waals surface area contributed by atoms with Crippen LogP contribution >= 0.6 is 0 Å². The summed E-state index contributed by atoms with van der Waals surface area (Å²) in [5, 5.41) is 0. The Labute approximate surface area is 128 Å². The molecule has 1 unspecified atom stereocenters. The van der Waals surface area contributed by atoms with Gasteiger partial charge >= 0.3 is 0 Å². The third-order valence-electron chi connectivity index (χ3n) is 4.61. The van der Waals surface area contributed by atoms with Crippen LogP contribution in [0.4, 0.5) is 5.82 Å². The van der Waals surface area contributed by atoms with E-state index in [1.807, 2.05) is 6.20 Å². The van der Waals surface area contributed by atoms with Gasteiger partial charge in [0.05, 0.1) is 13.2 Å². The first-order chi connectivity index (χ1) is 10.4. The minimum absolute atomic E-state index is 0.547.